The van der Waals surface area contributed by atoms with E-state index in [2.05, 4.69) is 14.9 Å². The molecule has 1 saturated heterocycles. The Hall–Kier alpha value is -1.80. The fourth-order valence-corrected chi connectivity index (χ4v) is 3.22. The summed E-state index contributed by atoms with van der Waals surface area (Å²) in [5.41, 5.74) is 6.01. The quantitative estimate of drug-likeness (QED) is 0.661. The number of aromatic nitrogens is 2. The van der Waals surface area contributed by atoms with Crippen molar-refractivity contribution in [2.75, 3.05) is 11.4 Å². The van der Waals surface area contributed by atoms with Gasteiger partial charge < -0.3 is 10.6 Å². The summed E-state index contributed by atoms with van der Waals surface area (Å²) in [4.78, 5) is 21.6. The number of rotatable bonds is 2. The molecule has 2 atom stereocenters. The smallest absolute Gasteiger partial charge is 0.326 e. The molecule has 0 spiro atoms. The van der Waals surface area contributed by atoms with Crippen molar-refractivity contribution >= 4 is 32.4 Å². The van der Waals surface area contributed by atoms with E-state index in [1.54, 1.807) is 6.07 Å². The van der Waals surface area contributed by atoms with E-state index in [4.69, 9.17) is 5.73 Å². The fraction of sp³-hybridized carbons (Fsp3) is 0.455. The second-order valence-corrected chi connectivity index (χ2v) is 5.65. The van der Waals surface area contributed by atoms with Crippen LogP contribution in [0.2, 0.25) is 0 Å². The van der Waals surface area contributed by atoms with Gasteiger partial charge in [-0.1, -0.05) is 0 Å². The van der Waals surface area contributed by atoms with E-state index in [1.807, 2.05) is 6.92 Å². The summed E-state index contributed by atoms with van der Waals surface area (Å²) in [6, 6.07) is 1.84. The van der Waals surface area contributed by atoms with Gasteiger partial charge in [0, 0.05) is 24.7 Å². The molecule has 7 nitrogen and oxygen atoms in total. The average molecular weight is 279 g/mol. The van der Waals surface area contributed by atoms with Gasteiger partial charge in [0.1, 0.15) is 17.0 Å². The van der Waals surface area contributed by atoms with Gasteiger partial charge in [-0.2, -0.15) is 0 Å². The van der Waals surface area contributed by atoms with Gasteiger partial charge in [-0.15, -0.1) is 0 Å². The zero-order chi connectivity index (χ0) is 13.6. The van der Waals surface area contributed by atoms with E-state index in [0.29, 0.717) is 4.83 Å². The molecule has 0 bridgehead atoms. The van der Waals surface area contributed by atoms with Crippen LogP contribution in [0, 0.1) is 10.1 Å². The van der Waals surface area contributed by atoms with Crippen molar-refractivity contribution in [1.29, 1.82) is 0 Å². The monoisotopic (exact) mass is 279 g/mol. The molecule has 100 valence electrons. The van der Waals surface area contributed by atoms with Crippen LogP contribution >= 0.6 is 11.3 Å². The Labute approximate surface area is 113 Å². The minimum absolute atomic E-state index is 0.0906. The van der Waals surface area contributed by atoms with Gasteiger partial charge in [0.2, 0.25) is 0 Å². The molecule has 19 heavy (non-hydrogen) atoms. The highest BCUT2D eigenvalue weighted by Crippen LogP contribution is 2.36. The Bertz CT molecular complexity index is 643. The lowest BCUT2D eigenvalue weighted by Gasteiger charge is -2.24. The Morgan fingerprint density at radius 3 is 3.00 bits per heavy atom. The minimum Gasteiger partial charge on any atom is -0.352 e. The van der Waals surface area contributed by atoms with E-state index >= 15 is 0 Å². The van der Waals surface area contributed by atoms with Crippen LogP contribution < -0.4 is 10.6 Å². The Balaban J connectivity index is 2.11. The largest absolute Gasteiger partial charge is 0.352 e. The standard InChI is InChI=1S/C11H13N5O2S/c1-6-8(12)2-3-15(6)10-7-4-9(16(17)18)19-11(7)14-5-13-10/h4-6,8H,2-3,12H2,1H3. The lowest BCUT2D eigenvalue weighted by atomic mass is 10.2. The SMILES string of the molecule is CC1C(N)CCN1c1ncnc2sc([N+](=O)[O-])cc12. The first-order valence-corrected chi connectivity index (χ1v) is 6.80. The maximum atomic E-state index is 10.9. The number of fused-ring (bicyclic) bond motifs is 1. The summed E-state index contributed by atoms with van der Waals surface area (Å²) in [5.74, 6) is 0.745. The predicted octanol–water partition coefficient (Wildman–Crippen LogP) is 1.53. The fourth-order valence-electron chi connectivity index (χ4n) is 2.41. The van der Waals surface area contributed by atoms with Crippen molar-refractivity contribution in [3.8, 4) is 0 Å². The highest BCUT2D eigenvalue weighted by Gasteiger charge is 2.30. The van der Waals surface area contributed by atoms with Crippen molar-refractivity contribution in [2.24, 2.45) is 5.73 Å². The molecule has 1 fully saturated rings. The summed E-state index contributed by atoms with van der Waals surface area (Å²) in [5, 5.41) is 11.7. The van der Waals surface area contributed by atoms with E-state index in [-0.39, 0.29) is 17.1 Å². The van der Waals surface area contributed by atoms with Crippen LogP contribution in [0.1, 0.15) is 13.3 Å². The van der Waals surface area contributed by atoms with Gasteiger partial charge in [0.25, 0.3) is 0 Å². The number of thiophene rings is 1. The van der Waals surface area contributed by atoms with Crippen molar-refractivity contribution in [1.82, 2.24) is 9.97 Å². The van der Waals surface area contributed by atoms with E-state index in [1.165, 1.54) is 6.33 Å². The van der Waals surface area contributed by atoms with Crippen molar-refractivity contribution < 1.29 is 4.92 Å². The predicted molar refractivity (Wildman–Crippen MR) is 73.5 cm³/mol. The maximum absolute atomic E-state index is 10.9. The molecule has 2 aromatic heterocycles. The molecule has 1 aliphatic heterocycles. The summed E-state index contributed by atoms with van der Waals surface area (Å²) in [7, 11) is 0. The Kier molecular flexibility index (Phi) is 2.83. The van der Waals surface area contributed by atoms with Gasteiger partial charge in [-0.3, -0.25) is 10.1 Å². The first kappa shape index (κ1) is 12.2. The van der Waals surface area contributed by atoms with Crippen LogP contribution in [-0.4, -0.2) is 33.5 Å². The molecule has 0 aliphatic carbocycles. The highest BCUT2D eigenvalue weighted by molar-refractivity contribution is 7.21. The second-order valence-electron chi connectivity index (χ2n) is 4.64. The van der Waals surface area contributed by atoms with Crippen LogP contribution in [0.5, 0.6) is 0 Å². The molecule has 0 aromatic carbocycles. The van der Waals surface area contributed by atoms with E-state index in [9.17, 15) is 10.1 Å². The third-order valence-electron chi connectivity index (χ3n) is 3.56. The molecule has 3 rings (SSSR count). The molecule has 0 radical (unpaired) electrons. The summed E-state index contributed by atoms with van der Waals surface area (Å²) in [6.07, 6.45) is 2.35. The Morgan fingerprint density at radius 1 is 1.58 bits per heavy atom. The number of nitrogens with two attached hydrogens (primary N) is 1. The number of anilines is 1. The van der Waals surface area contributed by atoms with Gasteiger partial charge in [-0.05, 0) is 24.7 Å². The molecule has 0 saturated carbocycles. The number of nitro groups is 1. The zero-order valence-electron chi connectivity index (χ0n) is 10.3. The van der Waals surface area contributed by atoms with Gasteiger partial charge in [0.15, 0.2) is 0 Å². The molecule has 0 amide bonds. The second kappa shape index (κ2) is 4.39. The third kappa shape index (κ3) is 1.92. The molecule has 8 heteroatoms. The lowest BCUT2D eigenvalue weighted by molar-refractivity contribution is -0.380. The topological polar surface area (TPSA) is 98.2 Å². The molecule has 3 heterocycles. The summed E-state index contributed by atoms with van der Waals surface area (Å²) in [6.45, 7) is 2.87. The first-order chi connectivity index (χ1) is 9.08. The van der Waals surface area contributed by atoms with Crippen molar-refractivity contribution in [3.05, 3.63) is 22.5 Å². The highest BCUT2D eigenvalue weighted by atomic mass is 32.1. The zero-order valence-corrected chi connectivity index (χ0v) is 11.1. The molecule has 2 aromatic rings. The lowest BCUT2D eigenvalue weighted by Crippen LogP contribution is -2.37. The number of hydrogen-bond donors (Lipinski definition) is 1. The minimum atomic E-state index is -0.394. The molecular formula is C11H13N5O2S. The van der Waals surface area contributed by atoms with Crippen molar-refractivity contribution in [3.63, 3.8) is 0 Å². The van der Waals surface area contributed by atoms with Crippen LogP contribution in [0.15, 0.2) is 12.4 Å². The average Bonchev–Trinajstić information content (AvgIpc) is 2.95. The normalized spacial score (nSPS) is 23.2. The number of nitrogens with zero attached hydrogens (tertiary/aromatic N) is 4. The summed E-state index contributed by atoms with van der Waals surface area (Å²) < 4.78 is 0. The first-order valence-electron chi connectivity index (χ1n) is 5.99. The van der Waals surface area contributed by atoms with Gasteiger partial charge in [0.05, 0.1) is 10.3 Å². The molecule has 1 aliphatic rings. The number of hydrogen-bond acceptors (Lipinski definition) is 7. The van der Waals surface area contributed by atoms with Gasteiger partial charge in [-0.25, -0.2) is 9.97 Å². The van der Waals surface area contributed by atoms with Crippen LogP contribution in [0.3, 0.4) is 0 Å². The maximum Gasteiger partial charge on any atom is 0.326 e. The van der Waals surface area contributed by atoms with Crippen LogP contribution in [-0.2, 0) is 0 Å². The van der Waals surface area contributed by atoms with E-state index in [0.717, 1.165) is 35.5 Å². The summed E-state index contributed by atoms with van der Waals surface area (Å²) >= 11 is 1.07. The Morgan fingerprint density at radius 2 is 2.37 bits per heavy atom. The molecule has 2 N–H and O–H groups in total. The van der Waals surface area contributed by atoms with Crippen LogP contribution in [0.4, 0.5) is 10.8 Å². The third-order valence-corrected chi connectivity index (χ3v) is 4.56. The molecular weight excluding hydrogens is 266 g/mol. The van der Waals surface area contributed by atoms with Crippen molar-refractivity contribution in [2.45, 2.75) is 25.4 Å². The molecule has 2 unspecified atom stereocenters. The van der Waals surface area contributed by atoms with Gasteiger partial charge >= 0.3 is 5.00 Å². The van der Waals surface area contributed by atoms with Crippen LogP contribution in [0.25, 0.3) is 10.2 Å². The van der Waals surface area contributed by atoms with E-state index < -0.39 is 4.92 Å².